The normalized spacial score (nSPS) is 20.1. The van der Waals surface area contributed by atoms with E-state index in [0.717, 1.165) is 70.6 Å². The van der Waals surface area contributed by atoms with Crippen LogP contribution in [0.15, 0.2) is 85.1 Å². The summed E-state index contributed by atoms with van der Waals surface area (Å²) < 4.78 is 11.2. The Morgan fingerprint density at radius 1 is 0.522 bits per heavy atom. The van der Waals surface area contributed by atoms with Gasteiger partial charge in [0.1, 0.15) is 24.4 Å². The Morgan fingerprint density at radius 2 is 0.928 bits per heavy atom. The van der Waals surface area contributed by atoms with Gasteiger partial charge in [0.25, 0.3) is 0 Å². The number of amides is 1. The molecule has 0 aromatic carbocycles. The molecular weight excluding hydrogens is 863 g/mol. The fourth-order valence-electron chi connectivity index (χ4n) is 8.60. The number of allylic oxidation sites excluding steroid dienone is 13. The molecule has 1 heterocycles. The minimum absolute atomic E-state index is 0.193. The molecule has 6 N–H and O–H groups in total. The highest BCUT2D eigenvalue weighted by atomic mass is 16.7. The fourth-order valence-corrected chi connectivity index (χ4v) is 8.60. The smallest absolute Gasteiger partial charge is 0.220 e. The molecule has 1 aliphatic rings. The molecule has 0 bridgehead atoms. The summed E-state index contributed by atoms with van der Waals surface area (Å²) in [6.45, 7) is 3.40. The van der Waals surface area contributed by atoms with Crippen LogP contribution in [-0.4, -0.2) is 87.5 Å². The zero-order chi connectivity index (χ0) is 50.1. The second-order valence-electron chi connectivity index (χ2n) is 19.3. The van der Waals surface area contributed by atoms with Gasteiger partial charge in [-0.05, 0) is 77.6 Å². The molecule has 1 amide bonds. The zero-order valence-electron chi connectivity index (χ0n) is 44.0. The van der Waals surface area contributed by atoms with E-state index in [1.807, 2.05) is 19.1 Å². The molecule has 1 aliphatic heterocycles. The molecule has 69 heavy (non-hydrogen) atoms. The van der Waals surface area contributed by atoms with Crippen LogP contribution in [0.2, 0.25) is 0 Å². The van der Waals surface area contributed by atoms with E-state index in [4.69, 9.17) is 9.47 Å². The highest BCUT2D eigenvalue weighted by Crippen LogP contribution is 2.23. The van der Waals surface area contributed by atoms with Crippen LogP contribution in [-0.2, 0) is 14.3 Å². The maximum Gasteiger partial charge on any atom is 0.220 e. The second kappa shape index (κ2) is 49.0. The van der Waals surface area contributed by atoms with Gasteiger partial charge >= 0.3 is 0 Å². The molecule has 0 saturated carbocycles. The van der Waals surface area contributed by atoms with Crippen molar-refractivity contribution in [2.75, 3.05) is 13.2 Å². The van der Waals surface area contributed by atoms with E-state index in [2.05, 4.69) is 79.1 Å². The predicted octanol–water partition coefficient (Wildman–Crippen LogP) is 13.8. The van der Waals surface area contributed by atoms with E-state index in [1.165, 1.54) is 141 Å². The van der Waals surface area contributed by atoms with Crippen LogP contribution < -0.4 is 5.32 Å². The zero-order valence-corrected chi connectivity index (χ0v) is 44.0. The van der Waals surface area contributed by atoms with Gasteiger partial charge < -0.3 is 40.3 Å². The molecule has 1 fully saturated rings. The topological polar surface area (TPSA) is 149 Å². The largest absolute Gasteiger partial charge is 0.394 e. The van der Waals surface area contributed by atoms with Crippen LogP contribution in [0.3, 0.4) is 0 Å². The Labute approximate surface area is 422 Å². The van der Waals surface area contributed by atoms with Crippen LogP contribution >= 0.6 is 0 Å². The molecule has 0 aromatic heterocycles. The molecule has 1 rings (SSSR count). The summed E-state index contributed by atoms with van der Waals surface area (Å²) >= 11 is 0. The van der Waals surface area contributed by atoms with E-state index in [9.17, 15) is 30.3 Å². The van der Waals surface area contributed by atoms with E-state index in [0.29, 0.717) is 6.42 Å². The Morgan fingerprint density at radius 3 is 1.39 bits per heavy atom. The summed E-state index contributed by atoms with van der Waals surface area (Å²) in [4.78, 5) is 13.0. The van der Waals surface area contributed by atoms with Crippen molar-refractivity contribution in [3.05, 3.63) is 85.1 Å². The predicted molar refractivity (Wildman–Crippen MR) is 290 cm³/mol. The molecule has 0 spiro atoms. The minimum Gasteiger partial charge on any atom is -0.394 e. The minimum atomic E-state index is -1.57. The quantitative estimate of drug-likeness (QED) is 0.0261. The van der Waals surface area contributed by atoms with Gasteiger partial charge in [-0.2, -0.15) is 0 Å². The van der Waals surface area contributed by atoms with Crippen LogP contribution in [0.1, 0.15) is 232 Å². The molecule has 9 heteroatoms. The van der Waals surface area contributed by atoms with Gasteiger partial charge in [0.2, 0.25) is 5.91 Å². The molecule has 7 unspecified atom stereocenters. The van der Waals surface area contributed by atoms with Gasteiger partial charge in [-0.25, -0.2) is 0 Å². The lowest BCUT2D eigenvalue weighted by atomic mass is 9.99. The summed E-state index contributed by atoms with van der Waals surface area (Å²) in [7, 11) is 0. The van der Waals surface area contributed by atoms with Gasteiger partial charge in [-0.3, -0.25) is 4.79 Å². The van der Waals surface area contributed by atoms with E-state index >= 15 is 0 Å². The Bertz CT molecular complexity index is 1350. The second-order valence-corrected chi connectivity index (χ2v) is 19.3. The number of hydrogen-bond acceptors (Lipinski definition) is 8. The summed E-state index contributed by atoms with van der Waals surface area (Å²) in [6.07, 6.45) is 62.9. The van der Waals surface area contributed by atoms with Crippen molar-refractivity contribution in [2.24, 2.45) is 0 Å². The van der Waals surface area contributed by atoms with E-state index in [-0.39, 0.29) is 12.5 Å². The van der Waals surface area contributed by atoms with Gasteiger partial charge in [-0.15, -0.1) is 0 Å². The average molecular weight is 968 g/mol. The molecule has 1 saturated heterocycles. The third-order valence-corrected chi connectivity index (χ3v) is 13.0. The van der Waals surface area contributed by atoms with Crippen molar-refractivity contribution in [3.8, 4) is 0 Å². The molecule has 0 aliphatic carbocycles. The molecular formula is C60H105NO8. The van der Waals surface area contributed by atoms with Gasteiger partial charge in [0, 0.05) is 6.42 Å². The number of ether oxygens (including phenoxy) is 2. The lowest BCUT2D eigenvalue weighted by Crippen LogP contribution is -2.60. The Kier molecular flexibility index (Phi) is 45.7. The number of nitrogens with one attached hydrogen (secondary N) is 1. The molecule has 9 nitrogen and oxygen atoms in total. The number of carbonyl (C=O) groups excluding carboxylic acids is 1. The molecule has 7 atom stereocenters. The summed E-state index contributed by atoms with van der Waals surface area (Å²) in [5.41, 5.74) is 0. The summed E-state index contributed by atoms with van der Waals surface area (Å²) in [6, 6.07) is -0.827. The first-order valence-electron chi connectivity index (χ1n) is 28.3. The summed E-state index contributed by atoms with van der Waals surface area (Å²) in [5, 5.41) is 54.1. The SMILES string of the molecule is C/C=C/CC/C=C/CC/C=C/C(O)C(COC1OC(CO)C(O)C(O)C1O)NC(=O)CCCCCCCCCCCCCCCCCCCCCCCCCC/C=C\C/C=C\C/C=C\C/C=C\CC. The number of hydrogen-bond donors (Lipinski definition) is 6. The number of rotatable bonds is 47. The van der Waals surface area contributed by atoms with Crippen molar-refractivity contribution < 1.29 is 39.8 Å². The molecule has 0 aromatic rings. The molecule has 0 radical (unpaired) electrons. The van der Waals surface area contributed by atoms with E-state index in [1.54, 1.807) is 6.08 Å². The van der Waals surface area contributed by atoms with Crippen LogP contribution in [0.25, 0.3) is 0 Å². The number of unbranched alkanes of at least 4 members (excludes halogenated alkanes) is 26. The lowest BCUT2D eigenvalue weighted by Gasteiger charge is -2.40. The number of aliphatic hydroxyl groups excluding tert-OH is 5. The van der Waals surface area contributed by atoms with Crippen molar-refractivity contribution in [2.45, 2.75) is 275 Å². The van der Waals surface area contributed by atoms with Gasteiger partial charge in [0.05, 0.1) is 25.4 Å². The first-order valence-corrected chi connectivity index (χ1v) is 28.3. The highest BCUT2D eigenvalue weighted by Gasteiger charge is 2.44. The van der Waals surface area contributed by atoms with Gasteiger partial charge in [0.15, 0.2) is 6.29 Å². The van der Waals surface area contributed by atoms with Crippen molar-refractivity contribution in [1.29, 1.82) is 0 Å². The monoisotopic (exact) mass is 968 g/mol. The number of carbonyl (C=O) groups is 1. The Hall–Kier alpha value is -2.63. The average Bonchev–Trinajstić information content (AvgIpc) is 3.35. The maximum absolute atomic E-state index is 13.0. The standard InChI is InChI=1S/C60H105NO8/c1-3-5-7-9-11-13-14-15-16-17-18-19-20-21-22-23-24-25-26-27-28-29-30-31-32-33-34-35-36-37-38-39-40-42-44-46-48-50-56(64)61-53(54(63)49-47-45-43-41-12-10-8-6-4-2)52-68-60-59(67)58(66)57(65)55(51-62)69-60/h4-7,11-13,15-16,18-19,41,47,49,53-55,57-60,62-63,65-67H,3,8-10,14,17,20-40,42-46,48,50-52H2,1-2H3,(H,61,64)/b6-4+,7-5-,13-11-,16-15-,19-18-,41-12+,49-47+. The number of aliphatic hydroxyl groups is 5. The van der Waals surface area contributed by atoms with Crippen molar-refractivity contribution in [3.63, 3.8) is 0 Å². The van der Waals surface area contributed by atoms with Crippen LogP contribution in [0, 0.1) is 0 Å². The lowest BCUT2D eigenvalue weighted by molar-refractivity contribution is -0.302. The van der Waals surface area contributed by atoms with Crippen molar-refractivity contribution in [1.82, 2.24) is 5.32 Å². The fraction of sp³-hybridized carbons (Fsp3) is 0.750. The Balaban J connectivity index is 2.03. The molecule has 398 valence electrons. The van der Waals surface area contributed by atoms with Crippen LogP contribution in [0.4, 0.5) is 0 Å². The van der Waals surface area contributed by atoms with E-state index < -0.39 is 49.5 Å². The van der Waals surface area contributed by atoms with Crippen LogP contribution in [0.5, 0.6) is 0 Å². The summed E-state index contributed by atoms with van der Waals surface area (Å²) in [5.74, 6) is -0.193. The van der Waals surface area contributed by atoms with Crippen molar-refractivity contribution >= 4 is 5.91 Å². The third-order valence-electron chi connectivity index (χ3n) is 13.0. The van der Waals surface area contributed by atoms with Gasteiger partial charge in [-0.1, -0.05) is 233 Å². The highest BCUT2D eigenvalue weighted by molar-refractivity contribution is 5.76. The first kappa shape index (κ1) is 64.4. The maximum atomic E-state index is 13.0. The first-order chi connectivity index (χ1) is 33.8. The third kappa shape index (κ3) is 38.7.